The molecule has 1 saturated heterocycles. The first-order valence-electron chi connectivity index (χ1n) is 9.23. The molecule has 0 saturated carbocycles. The van der Waals surface area contributed by atoms with Gasteiger partial charge in [-0.05, 0) is 43.2 Å². The molecule has 138 valence electrons. The van der Waals surface area contributed by atoms with Crippen molar-refractivity contribution in [2.24, 2.45) is 10.7 Å². The second-order valence-corrected chi connectivity index (χ2v) is 6.95. The number of nitrogens with zero attached hydrogens (tertiary/aromatic N) is 5. The molecule has 4 rings (SSSR count). The fourth-order valence-electron chi connectivity index (χ4n) is 3.31. The monoisotopic (exact) mass is 360 g/mol. The lowest BCUT2D eigenvalue weighted by Gasteiger charge is -2.35. The van der Waals surface area contributed by atoms with Gasteiger partial charge in [0.25, 0.3) is 0 Å². The van der Waals surface area contributed by atoms with E-state index in [4.69, 9.17) is 10.7 Å². The summed E-state index contributed by atoms with van der Waals surface area (Å²) in [6, 6.07) is 14.2. The zero-order valence-corrected chi connectivity index (χ0v) is 15.8. The zero-order chi connectivity index (χ0) is 18.8. The fraction of sp³-hybridized carbons (Fsp3) is 0.286. The number of hydrogen-bond donors (Lipinski definition) is 1. The molecule has 0 atom stereocenters. The first kappa shape index (κ1) is 17.3. The third-order valence-corrected chi connectivity index (χ3v) is 4.96. The van der Waals surface area contributed by atoms with Crippen LogP contribution in [0, 0.1) is 13.8 Å². The number of hydrogen-bond acceptors (Lipinski definition) is 4. The Balaban J connectivity index is 1.46. The molecule has 0 bridgehead atoms. The largest absolute Gasteiger partial charge is 0.369 e. The summed E-state index contributed by atoms with van der Waals surface area (Å²) in [7, 11) is 0. The molecule has 1 aliphatic heterocycles. The second kappa shape index (κ2) is 7.23. The Morgan fingerprint density at radius 1 is 1.00 bits per heavy atom. The van der Waals surface area contributed by atoms with E-state index in [1.165, 1.54) is 5.56 Å². The van der Waals surface area contributed by atoms with Crippen LogP contribution in [-0.4, -0.2) is 47.0 Å². The Kier molecular flexibility index (Phi) is 4.62. The fourth-order valence-corrected chi connectivity index (χ4v) is 3.31. The quantitative estimate of drug-likeness (QED) is 0.562. The summed E-state index contributed by atoms with van der Waals surface area (Å²) in [6.07, 6.45) is 1.86. The lowest BCUT2D eigenvalue weighted by molar-refractivity contribution is 0.381. The standard InChI is InChI=1S/C21H24N6/c1-15-7-8-18-19(13-15)24-20(14-23-18)26-9-11-27(12-10-26)21(22)25-17-6-4-3-5-16(17)2/h3-8,13-14H,9-12H2,1-2H3,(H2,22,25). The zero-order valence-electron chi connectivity index (χ0n) is 15.8. The van der Waals surface area contributed by atoms with Gasteiger partial charge in [0, 0.05) is 26.2 Å². The van der Waals surface area contributed by atoms with E-state index in [1.54, 1.807) is 0 Å². The maximum absolute atomic E-state index is 6.25. The molecule has 6 heteroatoms. The van der Waals surface area contributed by atoms with Crippen LogP contribution in [0.2, 0.25) is 0 Å². The van der Waals surface area contributed by atoms with Crippen molar-refractivity contribution in [3.8, 4) is 0 Å². The molecule has 3 aromatic rings. The van der Waals surface area contributed by atoms with E-state index in [0.29, 0.717) is 5.96 Å². The highest BCUT2D eigenvalue weighted by molar-refractivity contribution is 5.82. The van der Waals surface area contributed by atoms with Gasteiger partial charge in [-0.15, -0.1) is 0 Å². The summed E-state index contributed by atoms with van der Waals surface area (Å²) in [6.45, 7) is 7.43. The minimum absolute atomic E-state index is 0.573. The van der Waals surface area contributed by atoms with E-state index < -0.39 is 0 Å². The van der Waals surface area contributed by atoms with Gasteiger partial charge in [0.2, 0.25) is 0 Å². The van der Waals surface area contributed by atoms with Gasteiger partial charge in [0.05, 0.1) is 22.9 Å². The van der Waals surface area contributed by atoms with Crippen LogP contribution < -0.4 is 10.6 Å². The molecule has 0 radical (unpaired) electrons. The van der Waals surface area contributed by atoms with Crippen molar-refractivity contribution < 1.29 is 0 Å². The lowest BCUT2D eigenvalue weighted by atomic mass is 10.2. The number of piperazine rings is 1. The van der Waals surface area contributed by atoms with Crippen LogP contribution >= 0.6 is 0 Å². The highest BCUT2D eigenvalue weighted by Crippen LogP contribution is 2.20. The molecule has 1 aromatic heterocycles. The van der Waals surface area contributed by atoms with E-state index in [-0.39, 0.29) is 0 Å². The average Bonchev–Trinajstić information content (AvgIpc) is 2.69. The Labute approximate surface area is 159 Å². The van der Waals surface area contributed by atoms with Crippen molar-refractivity contribution in [3.05, 3.63) is 59.8 Å². The van der Waals surface area contributed by atoms with Crippen LogP contribution in [0.25, 0.3) is 11.0 Å². The topological polar surface area (TPSA) is 70.6 Å². The molecule has 0 spiro atoms. The molecule has 2 aromatic carbocycles. The molecule has 1 fully saturated rings. The van der Waals surface area contributed by atoms with Gasteiger partial charge in [-0.2, -0.15) is 0 Å². The average molecular weight is 360 g/mol. The Morgan fingerprint density at radius 2 is 1.78 bits per heavy atom. The maximum Gasteiger partial charge on any atom is 0.196 e. The summed E-state index contributed by atoms with van der Waals surface area (Å²) in [5, 5.41) is 0. The predicted molar refractivity (Wildman–Crippen MR) is 111 cm³/mol. The lowest BCUT2D eigenvalue weighted by Crippen LogP contribution is -2.51. The summed E-state index contributed by atoms with van der Waals surface area (Å²) >= 11 is 0. The smallest absolute Gasteiger partial charge is 0.196 e. The number of rotatable bonds is 2. The number of fused-ring (bicyclic) bond motifs is 1. The third-order valence-electron chi connectivity index (χ3n) is 4.96. The molecule has 0 aliphatic carbocycles. The number of aromatic nitrogens is 2. The van der Waals surface area contributed by atoms with Crippen LogP contribution in [0.1, 0.15) is 11.1 Å². The van der Waals surface area contributed by atoms with Crippen LogP contribution in [-0.2, 0) is 0 Å². The van der Waals surface area contributed by atoms with E-state index in [9.17, 15) is 0 Å². The minimum atomic E-state index is 0.573. The molecule has 1 aliphatic rings. The van der Waals surface area contributed by atoms with Crippen LogP contribution in [0.3, 0.4) is 0 Å². The number of nitrogens with two attached hydrogens (primary N) is 1. The highest BCUT2D eigenvalue weighted by atomic mass is 15.3. The highest BCUT2D eigenvalue weighted by Gasteiger charge is 2.20. The number of benzene rings is 2. The summed E-state index contributed by atoms with van der Waals surface area (Å²) in [5.41, 5.74) is 11.4. The summed E-state index contributed by atoms with van der Waals surface area (Å²) < 4.78 is 0. The Bertz CT molecular complexity index is 989. The van der Waals surface area contributed by atoms with Gasteiger partial charge < -0.3 is 15.5 Å². The SMILES string of the molecule is Cc1ccc2ncc(N3CCN(C(N)=Nc4ccccc4C)CC3)nc2c1. The van der Waals surface area contributed by atoms with Crippen molar-refractivity contribution in [2.45, 2.75) is 13.8 Å². The van der Waals surface area contributed by atoms with Crippen molar-refractivity contribution in [3.63, 3.8) is 0 Å². The summed E-state index contributed by atoms with van der Waals surface area (Å²) in [5.74, 6) is 1.49. The molecular formula is C21H24N6. The number of guanidine groups is 1. The normalized spacial score (nSPS) is 15.4. The van der Waals surface area contributed by atoms with Gasteiger partial charge in [-0.3, -0.25) is 4.98 Å². The minimum Gasteiger partial charge on any atom is -0.369 e. The van der Waals surface area contributed by atoms with Crippen molar-refractivity contribution in [1.82, 2.24) is 14.9 Å². The molecule has 2 heterocycles. The van der Waals surface area contributed by atoms with Gasteiger partial charge in [-0.1, -0.05) is 24.3 Å². The Morgan fingerprint density at radius 3 is 2.56 bits per heavy atom. The van der Waals surface area contributed by atoms with Gasteiger partial charge in [-0.25, -0.2) is 9.98 Å². The first-order chi connectivity index (χ1) is 13.1. The first-order valence-corrected chi connectivity index (χ1v) is 9.23. The molecule has 0 unspecified atom stereocenters. The second-order valence-electron chi connectivity index (χ2n) is 6.95. The number of anilines is 1. The van der Waals surface area contributed by atoms with E-state index in [1.807, 2.05) is 43.5 Å². The van der Waals surface area contributed by atoms with E-state index in [2.05, 4.69) is 38.8 Å². The van der Waals surface area contributed by atoms with Crippen molar-refractivity contribution >= 4 is 28.5 Å². The molecule has 6 nitrogen and oxygen atoms in total. The maximum atomic E-state index is 6.25. The van der Waals surface area contributed by atoms with E-state index in [0.717, 1.165) is 54.3 Å². The Hall–Kier alpha value is -3.15. The summed E-state index contributed by atoms with van der Waals surface area (Å²) in [4.78, 5) is 18.3. The van der Waals surface area contributed by atoms with E-state index >= 15 is 0 Å². The number of para-hydroxylation sites is 1. The predicted octanol–water partition coefficient (Wildman–Crippen LogP) is 3.02. The van der Waals surface area contributed by atoms with Crippen molar-refractivity contribution in [1.29, 1.82) is 0 Å². The van der Waals surface area contributed by atoms with Gasteiger partial charge in [0.15, 0.2) is 5.96 Å². The van der Waals surface area contributed by atoms with Crippen molar-refractivity contribution in [2.75, 3.05) is 31.1 Å². The number of aliphatic imine (C=N–C) groups is 1. The molecule has 2 N–H and O–H groups in total. The number of aryl methyl sites for hydroxylation is 2. The van der Waals surface area contributed by atoms with Gasteiger partial charge >= 0.3 is 0 Å². The molecule has 0 amide bonds. The van der Waals surface area contributed by atoms with Crippen LogP contribution in [0.15, 0.2) is 53.7 Å². The molecule has 27 heavy (non-hydrogen) atoms. The van der Waals surface area contributed by atoms with Crippen LogP contribution in [0.4, 0.5) is 11.5 Å². The molecular weight excluding hydrogens is 336 g/mol. The third kappa shape index (κ3) is 3.69. The van der Waals surface area contributed by atoms with Gasteiger partial charge in [0.1, 0.15) is 5.82 Å². The van der Waals surface area contributed by atoms with Crippen LogP contribution in [0.5, 0.6) is 0 Å².